The van der Waals surface area contributed by atoms with Crippen LogP contribution in [0, 0.1) is 0 Å². The van der Waals surface area contributed by atoms with Gasteiger partial charge in [0.05, 0.1) is 25.3 Å². The molecule has 3 aromatic rings. The van der Waals surface area contributed by atoms with Gasteiger partial charge in [0.15, 0.2) is 5.16 Å². The summed E-state index contributed by atoms with van der Waals surface area (Å²) in [6.45, 7) is 0.132. The Morgan fingerprint density at radius 3 is 2.50 bits per heavy atom. The molecule has 0 saturated heterocycles. The van der Waals surface area contributed by atoms with Gasteiger partial charge in [-0.1, -0.05) is 12.1 Å². The largest absolute Gasteiger partial charge is 0.497 e. The van der Waals surface area contributed by atoms with Crippen LogP contribution in [0.3, 0.4) is 0 Å². The number of halogens is 2. The summed E-state index contributed by atoms with van der Waals surface area (Å²) in [4.78, 5) is 16.7. The molecule has 2 aromatic carbocycles. The number of hydrogen-bond donors (Lipinski definition) is 1. The van der Waals surface area contributed by atoms with Gasteiger partial charge in [0, 0.05) is 12.6 Å². The van der Waals surface area contributed by atoms with E-state index in [1.165, 1.54) is 4.57 Å². The number of thioether (sulfide) groups is 1. The van der Waals surface area contributed by atoms with Gasteiger partial charge >= 0.3 is 0 Å². The Kier molecular flexibility index (Phi) is 6.35. The molecule has 1 heterocycles. The lowest BCUT2D eigenvalue weighted by atomic mass is 10.2. The standard InChI is InChI=1S/C19H19F2N3O3S/c1-26-13-7-12(8-14(9-13)27-2)10-22-17(25)11-24-16-6-4-3-5-15(16)23-19(24)28-18(20)21/h3-9,18H,10-11H2,1-2H3,(H,22,25). The summed E-state index contributed by atoms with van der Waals surface area (Å²) in [7, 11) is 3.09. The van der Waals surface area contributed by atoms with Gasteiger partial charge < -0.3 is 19.4 Å². The molecule has 1 amide bonds. The van der Waals surface area contributed by atoms with Crippen molar-refractivity contribution in [2.45, 2.75) is 24.0 Å². The fraction of sp³-hybridized carbons (Fsp3) is 0.263. The second-order valence-electron chi connectivity index (χ2n) is 5.85. The molecular weight excluding hydrogens is 388 g/mol. The average molecular weight is 407 g/mol. The summed E-state index contributed by atoms with van der Waals surface area (Å²) in [5.74, 6) is -1.72. The molecule has 0 atom stereocenters. The summed E-state index contributed by atoms with van der Waals surface area (Å²) in [5, 5.41) is 2.90. The number of nitrogens with one attached hydrogen (secondary N) is 1. The minimum absolute atomic E-state index is 0.106. The van der Waals surface area contributed by atoms with Gasteiger partial charge in [-0.15, -0.1) is 0 Å². The Morgan fingerprint density at radius 1 is 1.18 bits per heavy atom. The molecule has 28 heavy (non-hydrogen) atoms. The van der Waals surface area contributed by atoms with Gasteiger partial charge in [0.2, 0.25) is 5.91 Å². The molecule has 148 valence electrons. The van der Waals surface area contributed by atoms with Crippen molar-refractivity contribution in [3.8, 4) is 11.5 Å². The molecule has 3 rings (SSSR count). The normalized spacial score (nSPS) is 11.0. The third-order valence-corrected chi connectivity index (χ3v) is 4.72. The van der Waals surface area contributed by atoms with Crippen LogP contribution in [0.5, 0.6) is 11.5 Å². The van der Waals surface area contributed by atoms with Crippen LogP contribution < -0.4 is 14.8 Å². The van der Waals surface area contributed by atoms with E-state index in [4.69, 9.17) is 9.47 Å². The van der Waals surface area contributed by atoms with Crippen molar-refractivity contribution < 1.29 is 23.0 Å². The predicted molar refractivity (Wildman–Crippen MR) is 103 cm³/mol. The van der Waals surface area contributed by atoms with E-state index >= 15 is 0 Å². The van der Waals surface area contributed by atoms with Crippen molar-refractivity contribution >= 4 is 28.7 Å². The molecule has 6 nitrogen and oxygen atoms in total. The SMILES string of the molecule is COc1cc(CNC(=O)Cn2c(SC(F)F)nc3ccccc32)cc(OC)c1. The fourth-order valence-electron chi connectivity index (χ4n) is 2.74. The number of amides is 1. The number of para-hydroxylation sites is 2. The lowest BCUT2D eigenvalue weighted by Crippen LogP contribution is -2.27. The topological polar surface area (TPSA) is 65.4 Å². The minimum Gasteiger partial charge on any atom is -0.497 e. The predicted octanol–water partition coefficient (Wildman–Crippen LogP) is 3.68. The monoisotopic (exact) mass is 407 g/mol. The van der Waals surface area contributed by atoms with Crippen LogP contribution in [0.1, 0.15) is 5.56 Å². The first-order chi connectivity index (χ1) is 13.5. The smallest absolute Gasteiger partial charge is 0.291 e. The minimum atomic E-state index is -2.62. The number of nitrogens with zero attached hydrogens (tertiary/aromatic N) is 2. The first kappa shape index (κ1) is 19.9. The number of imidazole rings is 1. The van der Waals surface area contributed by atoms with Gasteiger partial charge in [-0.05, 0) is 41.6 Å². The van der Waals surface area contributed by atoms with Crippen molar-refractivity contribution in [1.82, 2.24) is 14.9 Å². The molecule has 0 aliphatic rings. The number of methoxy groups -OCH3 is 2. The maximum absolute atomic E-state index is 12.9. The molecule has 0 bridgehead atoms. The van der Waals surface area contributed by atoms with Crippen molar-refractivity contribution in [3.05, 3.63) is 48.0 Å². The van der Waals surface area contributed by atoms with Gasteiger partial charge in [0.25, 0.3) is 5.76 Å². The average Bonchev–Trinajstić information content (AvgIpc) is 3.02. The highest BCUT2D eigenvalue weighted by Gasteiger charge is 2.17. The molecular formula is C19H19F2N3O3S. The van der Waals surface area contributed by atoms with E-state index in [2.05, 4.69) is 10.3 Å². The summed E-state index contributed by atoms with van der Waals surface area (Å²) in [6.07, 6.45) is 0. The molecule has 0 saturated carbocycles. The number of aromatic nitrogens is 2. The third kappa shape index (κ3) is 4.72. The van der Waals surface area contributed by atoms with E-state index < -0.39 is 5.76 Å². The molecule has 0 fully saturated rings. The van der Waals surface area contributed by atoms with Gasteiger partial charge in [0.1, 0.15) is 18.0 Å². The zero-order valence-corrected chi connectivity index (χ0v) is 16.1. The van der Waals surface area contributed by atoms with Crippen LogP contribution in [-0.4, -0.2) is 35.4 Å². The third-order valence-electron chi connectivity index (χ3n) is 4.02. The second kappa shape index (κ2) is 8.92. The van der Waals surface area contributed by atoms with Crippen molar-refractivity contribution in [3.63, 3.8) is 0 Å². The number of benzene rings is 2. The van der Waals surface area contributed by atoms with E-state index in [0.29, 0.717) is 34.3 Å². The van der Waals surface area contributed by atoms with E-state index in [1.54, 1.807) is 56.7 Å². The highest BCUT2D eigenvalue weighted by molar-refractivity contribution is 7.99. The van der Waals surface area contributed by atoms with Crippen LogP contribution in [-0.2, 0) is 17.9 Å². The van der Waals surface area contributed by atoms with Crippen LogP contribution in [0.4, 0.5) is 8.78 Å². The van der Waals surface area contributed by atoms with Crippen LogP contribution >= 0.6 is 11.8 Å². The van der Waals surface area contributed by atoms with Crippen molar-refractivity contribution in [1.29, 1.82) is 0 Å². The summed E-state index contributed by atoms with van der Waals surface area (Å²) >= 11 is 0.323. The molecule has 1 aromatic heterocycles. The number of carbonyl (C=O) groups excluding carboxylic acids is 1. The molecule has 0 spiro atoms. The molecule has 0 aliphatic carbocycles. The van der Waals surface area contributed by atoms with E-state index in [-0.39, 0.29) is 24.2 Å². The highest BCUT2D eigenvalue weighted by atomic mass is 32.2. The summed E-state index contributed by atoms with van der Waals surface area (Å²) in [6, 6.07) is 12.3. The molecule has 1 N–H and O–H groups in total. The lowest BCUT2D eigenvalue weighted by Gasteiger charge is -2.11. The summed E-state index contributed by atoms with van der Waals surface area (Å²) in [5.41, 5.74) is 1.99. The lowest BCUT2D eigenvalue weighted by molar-refractivity contribution is -0.121. The molecule has 0 aliphatic heterocycles. The van der Waals surface area contributed by atoms with E-state index in [1.807, 2.05) is 0 Å². The summed E-state index contributed by atoms with van der Waals surface area (Å²) < 4.78 is 37.6. The molecule has 0 radical (unpaired) electrons. The van der Waals surface area contributed by atoms with Gasteiger partial charge in [-0.2, -0.15) is 8.78 Å². The van der Waals surface area contributed by atoms with Gasteiger partial charge in [-0.3, -0.25) is 4.79 Å². The van der Waals surface area contributed by atoms with Crippen LogP contribution in [0.15, 0.2) is 47.6 Å². The van der Waals surface area contributed by atoms with Gasteiger partial charge in [-0.25, -0.2) is 4.98 Å². The number of alkyl halides is 2. The quantitative estimate of drug-likeness (QED) is 0.577. The zero-order chi connectivity index (χ0) is 20.1. The zero-order valence-electron chi connectivity index (χ0n) is 15.3. The second-order valence-corrected chi connectivity index (χ2v) is 6.80. The highest BCUT2D eigenvalue weighted by Crippen LogP contribution is 2.28. The molecule has 0 unspecified atom stereocenters. The molecule has 9 heteroatoms. The van der Waals surface area contributed by atoms with Crippen molar-refractivity contribution in [2.24, 2.45) is 0 Å². The Morgan fingerprint density at radius 2 is 1.86 bits per heavy atom. The Bertz CT molecular complexity index is 956. The Hall–Kier alpha value is -2.81. The first-order valence-electron chi connectivity index (χ1n) is 8.39. The number of carbonyl (C=O) groups is 1. The maximum Gasteiger partial charge on any atom is 0.291 e. The maximum atomic E-state index is 12.9. The van der Waals surface area contributed by atoms with E-state index in [0.717, 1.165) is 5.56 Å². The number of rotatable bonds is 8. The van der Waals surface area contributed by atoms with Crippen LogP contribution in [0.2, 0.25) is 0 Å². The van der Waals surface area contributed by atoms with Crippen molar-refractivity contribution in [2.75, 3.05) is 14.2 Å². The first-order valence-corrected chi connectivity index (χ1v) is 9.27. The Labute approximate surface area is 164 Å². The number of ether oxygens (including phenoxy) is 2. The fourth-order valence-corrected chi connectivity index (χ4v) is 3.34. The van der Waals surface area contributed by atoms with E-state index in [9.17, 15) is 13.6 Å². The Balaban J connectivity index is 1.75. The number of fused-ring (bicyclic) bond motifs is 1. The number of hydrogen-bond acceptors (Lipinski definition) is 5. The van der Waals surface area contributed by atoms with Crippen LogP contribution in [0.25, 0.3) is 11.0 Å².